The van der Waals surface area contributed by atoms with Crippen LogP contribution < -0.4 is 5.56 Å². The van der Waals surface area contributed by atoms with Crippen molar-refractivity contribution in [1.29, 1.82) is 0 Å². The average Bonchev–Trinajstić information content (AvgIpc) is 3.30. The lowest BCUT2D eigenvalue weighted by molar-refractivity contribution is -0.135. The van der Waals surface area contributed by atoms with E-state index >= 15 is 0 Å². The highest BCUT2D eigenvalue weighted by Crippen LogP contribution is 2.32. The van der Waals surface area contributed by atoms with Gasteiger partial charge in [-0.3, -0.25) is 14.2 Å². The molecular formula is C26H25N3O3S2. The van der Waals surface area contributed by atoms with Gasteiger partial charge in [0.2, 0.25) is 5.91 Å². The van der Waals surface area contributed by atoms with Crippen LogP contribution in [0.3, 0.4) is 0 Å². The number of hydrogen-bond acceptors (Lipinski definition) is 6. The van der Waals surface area contributed by atoms with E-state index in [1.165, 1.54) is 23.1 Å². The van der Waals surface area contributed by atoms with Gasteiger partial charge in [-0.15, -0.1) is 11.3 Å². The maximum absolute atomic E-state index is 13.8. The Bertz CT molecular complexity index is 1350. The first-order chi connectivity index (χ1) is 16.6. The van der Waals surface area contributed by atoms with E-state index in [9.17, 15) is 9.59 Å². The van der Waals surface area contributed by atoms with Crippen molar-refractivity contribution in [3.8, 4) is 11.1 Å². The van der Waals surface area contributed by atoms with E-state index in [0.717, 1.165) is 16.7 Å². The van der Waals surface area contributed by atoms with Crippen LogP contribution in [0.15, 0.2) is 76.0 Å². The van der Waals surface area contributed by atoms with Crippen molar-refractivity contribution in [2.24, 2.45) is 0 Å². The Labute approximate surface area is 206 Å². The Kier molecular flexibility index (Phi) is 6.80. The van der Waals surface area contributed by atoms with Gasteiger partial charge in [-0.05, 0) is 18.1 Å². The Hall–Kier alpha value is -2.94. The number of morpholine rings is 1. The van der Waals surface area contributed by atoms with Crippen molar-refractivity contribution in [2.75, 3.05) is 25.4 Å². The van der Waals surface area contributed by atoms with Crippen LogP contribution in [0.2, 0.25) is 0 Å². The standard InChI is InChI=1S/C26H25N3O3S2/c1-18-14-28(12-13-32-18)22(30)17-34-26-27-24-23(21(16-33-24)20-10-6-3-7-11-20)25(31)29(26)15-19-8-4-2-5-9-19/h2-11,16,18H,12-15,17H2,1H3/t18-/m1/s1. The first-order valence-corrected chi connectivity index (χ1v) is 13.1. The number of aromatic nitrogens is 2. The number of fused-ring (bicyclic) bond motifs is 1. The molecule has 5 rings (SSSR count). The molecule has 0 N–H and O–H groups in total. The predicted octanol–water partition coefficient (Wildman–Crippen LogP) is 4.51. The van der Waals surface area contributed by atoms with E-state index in [4.69, 9.17) is 9.72 Å². The van der Waals surface area contributed by atoms with Gasteiger partial charge >= 0.3 is 0 Å². The molecule has 4 aromatic rings. The number of thioether (sulfide) groups is 1. The third-order valence-electron chi connectivity index (χ3n) is 5.85. The fourth-order valence-corrected chi connectivity index (χ4v) is 6.00. The number of amides is 1. The van der Waals surface area contributed by atoms with Gasteiger partial charge in [0.15, 0.2) is 5.16 Å². The van der Waals surface area contributed by atoms with Crippen LogP contribution in [0.5, 0.6) is 0 Å². The minimum absolute atomic E-state index is 0.0379. The van der Waals surface area contributed by atoms with Crippen LogP contribution in [0, 0.1) is 0 Å². The maximum atomic E-state index is 13.8. The summed E-state index contributed by atoms with van der Waals surface area (Å²) in [7, 11) is 0. The third-order valence-corrected chi connectivity index (χ3v) is 7.68. The number of carbonyl (C=O) groups excluding carboxylic acids is 1. The highest BCUT2D eigenvalue weighted by Gasteiger charge is 2.23. The molecule has 34 heavy (non-hydrogen) atoms. The van der Waals surface area contributed by atoms with E-state index in [2.05, 4.69) is 0 Å². The molecule has 1 amide bonds. The second-order valence-electron chi connectivity index (χ2n) is 8.28. The first kappa shape index (κ1) is 22.8. The van der Waals surface area contributed by atoms with E-state index in [1.54, 1.807) is 4.57 Å². The van der Waals surface area contributed by atoms with Crippen molar-refractivity contribution >= 4 is 39.2 Å². The van der Waals surface area contributed by atoms with Crippen LogP contribution in [0.4, 0.5) is 0 Å². The molecule has 3 heterocycles. The zero-order valence-electron chi connectivity index (χ0n) is 18.8. The highest BCUT2D eigenvalue weighted by atomic mass is 32.2. The van der Waals surface area contributed by atoms with E-state index < -0.39 is 0 Å². The van der Waals surface area contributed by atoms with Crippen molar-refractivity contribution in [3.63, 3.8) is 0 Å². The number of benzene rings is 2. The summed E-state index contributed by atoms with van der Waals surface area (Å²) in [6.45, 7) is 4.11. The Morgan fingerprint density at radius 3 is 2.62 bits per heavy atom. The van der Waals surface area contributed by atoms with Crippen molar-refractivity contribution in [2.45, 2.75) is 24.7 Å². The van der Waals surface area contributed by atoms with Crippen molar-refractivity contribution in [1.82, 2.24) is 14.5 Å². The molecule has 0 saturated carbocycles. The fourth-order valence-electron chi connectivity index (χ4n) is 4.11. The maximum Gasteiger partial charge on any atom is 0.263 e. The Morgan fingerprint density at radius 1 is 1.15 bits per heavy atom. The molecule has 6 nitrogen and oxygen atoms in total. The highest BCUT2D eigenvalue weighted by molar-refractivity contribution is 7.99. The molecule has 0 aliphatic carbocycles. The van der Waals surface area contributed by atoms with Crippen LogP contribution >= 0.6 is 23.1 Å². The zero-order chi connectivity index (χ0) is 23.5. The van der Waals surface area contributed by atoms with Crippen LogP contribution in [0.25, 0.3) is 21.3 Å². The van der Waals surface area contributed by atoms with E-state index in [0.29, 0.717) is 41.6 Å². The van der Waals surface area contributed by atoms with Gasteiger partial charge in [0.25, 0.3) is 5.56 Å². The summed E-state index contributed by atoms with van der Waals surface area (Å²) >= 11 is 2.79. The summed E-state index contributed by atoms with van der Waals surface area (Å²) < 4.78 is 7.26. The smallest absolute Gasteiger partial charge is 0.263 e. The lowest BCUT2D eigenvalue weighted by Gasteiger charge is -2.31. The molecule has 2 aromatic heterocycles. The molecule has 0 spiro atoms. The molecule has 1 fully saturated rings. The monoisotopic (exact) mass is 491 g/mol. The minimum Gasteiger partial charge on any atom is -0.375 e. The third kappa shape index (κ3) is 4.80. The van der Waals surface area contributed by atoms with Crippen molar-refractivity contribution < 1.29 is 9.53 Å². The quantitative estimate of drug-likeness (QED) is 0.293. The summed E-state index contributed by atoms with van der Waals surface area (Å²) in [5, 5.41) is 3.19. The summed E-state index contributed by atoms with van der Waals surface area (Å²) in [6.07, 6.45) is 0.0379. The molecule has 1 atom stereocenters. The van der Waals surface area contributed by atoms with Gasteiger partial charge in [0, 0.05) is 24.0 Å². The minimum atomic E-state index is -0.0797. The molecule has 1 aliphatic heterocycles. The second-order valence-corrected chi connectivity index (χ2v) is 10.1. The van der Waals surface area contributed by atoms with Crippen LogP contribution in [-0.4, -0.2) is 51.9 Å². The van der Waals surface area contributed by atoms with Crippen molar-refractivity contribution in [3.05, 3.63) is 82.0 Å². The van der Waals surface area contributed by atoms with Gasteiger partial charge < -0.3 is 9.64 Å². The first-order valence-electron chi connectivity index (χ1n) is 11.2. The van der Waals surface area contributed by atoms with Gasteiger partial charge in [0.1, 0.15) is 4.83 Å². The number of nitrogens with zero attached hydrogens (tertiary/aromatic N) is 3. The molecular weight excluding hydrogens is 466 g/mol. The summed E-state index contributed by atoms with van der Waals surface area (Å²) in [5.74, 6) is 0.271. The van der Waals surface area contributed by atoms with Crippen LogP contribution in [0.1, 0.15) is 12.5 Å². The number of rotatable bonds is 6. The lowest BCUT2D eigenvalue weighted by Crippen LogP contribution is -2.45. The molecule has 0 bridgehead atoms. The molecule has 0 unspecified atom stereocenters. The molecule has 2 aromatic carbocycles. The summed E-state index contributed by atoms with van der Waals surface area (Å²) in [4.78, 5) is 34.1. The predicted molar refractivity (Wildman–Crippen MR) is 138 cm³/mol. The number of carbonyl (C=O) groups is 1. The Morgan fingerprint density at radius 2 is 1.88 bits per heavy atom. The van der Waals surface area contributed by atoms with Gasteiger partial charge in [-0.2, -0.15) is 0 Å². The number of hydrogen-bond donors (Lipinski definition) is 0. The average molecular weight is 492 g/mol. The second kappa shape index (κ2) is 10.1. The van der Waals surface area contributed by atoms with E-state index in [1.807, 2.05) is 77.9 Å². The molecule has 1 saturated heterocycles. The normalized spacial score (nSPS) is 16.1. The van der Waals surface area contributed by atoms with E-state index in [-0.39, 0.29) is 23.3 Å². The number of ether oxygens (including phenoxy) is 1. The van der Waals surface area contributed by atoms with Gasteiger partial charge in [0.05, 0.1) is 30.4 Å². The number of thiophene rings is 1. The molecule has 174 valence electrons. The summed E-state index contributed by atoms with van der Waals surface area (Å²) in [5.41, 5.74) is 2.83. The molecule has 8 heteroatoms. The topological polar surface area (TPSA) is 64.4 Å². The SMILES string of the molecule is C[C@@H]1CN(C(=O)CSc2nc3scc(-c4ccccc4)c3c(=O)n2Cc2ccccc2)CCO1. The zero-order valence-corrected chi connectivity index (χ0v) is 20.5. The lowest BCUT2D eigenvalue weighted by atomic mass is 10.1. The Balaban J connectivity index is 1.51. The molecule has 1 aliphatic rings. The van der Waals surface area contributed by atoms with Gasteiger partial charge in [-0.25, -0.2) is 4.98 Å². The summed E-state index contributed by atoms with van der Waals surface area (Å²) in [6, 6.07) is 19.8. The fraction of sp³-hybridized carbons (Fsp3) is 0.269. The van der Waals surface area contributed by atoms with Crippen LogP contribution in [-0.2, 0) is 16.1 Å². The van der Waals surface area contributed by atoms with Gasteiger partial charge in [-0.1, -0.05) is 72.4 Å². The molecule has 0 radical (unpaired) electrons. The largest absolute Gasteiger partial charge is 0.375 e.